The van der Waals surface area contributed by atoms with Gasteiger partial charge in [-0.3, -0.25) is 4.79 Å². The lowest BCUT2D eigenvalue weighted by Crippen LogP contribution is -2.37. The minimum atomic E-state index is 0.0817. The molecule has 110 valence electrons. The maximum absolute atomic E-state index is 12.5. The molecule has 4 heteroatoms. The lowest BCUT2D eigenvalue weighted by Gasteiger charge is -2.30. The molecule has 1 aliphatic heterocycles. The molecule has 20 heavy (non-hydrogen) atoms. The zero-order valence-electron chi connectivity index (χ0n) is 12.5. The van der Waals surface area contributed by atoms with Gasteiger partial charge in [-0.25, -0.2) is 0 Å². The maximum atomic E-state index is 12.5. The van der Waals surface area contributed by atoms with E-state index >= 15 is 0 Å². The number of piperidine rings is 1. The van der Waals surface area contributed by atoms with Crippen molar-refractivity contribution in [1.82, 2.24) is 4.90 Å². The highest BCUT2D eigenvalue weighted by atomic mass is 16.5. The molecular weight excluding hydrogens is 254 g/mol. The number of likely N-dealkylation sites (tertiary alicyclic amines) is 1. The molecule has 0 aromatic heterocycles. The van der Waals surface area contributed by atoms with E-state index < -0.39 is 0 Å². The summed E-state index contributed by atoms with van der Waals surface area (Å²) in [4.78, 5) is 14.4. The molecule has 4 nitrogen and oxygen atoms in total. The summed E-state index contributed by atoms with van der Waals surface area (Å²) in [6.07, 6.45) is 2.17. The van der Waals surface area contributed by atoms with Gasteiger partial charge in [0.1, 0.15) is 0 Å². The first-order valence-electron chi connectivity index (χ1n) is 7.25. The maximum Gasteiger partial charge on any atom is 0.253 e. The molecule has 0 saturated carbocycles. The van der Waals surface area contributed by atoms with Crippen molar-refractivity contribution in [2.75, 3.05) is 26.8 Å². The van der Waals surface area contributed by atoms with E-state index in [0.29, 0.717) is 29.6 Å². The van der Waals surface area contributed by atoms with Crippen LogP contribution >= 0.6 is 0 Å². The Hall–Kier alpha value is -1.71. The van der Waals surface area contributed by atoms with Crippen LogP contribution in [0.15, 0.2) is 18.2 Å². The van der Waals surface area contributed by atoms with Gasteiger partial charge in [0.05, 0.1) is 13.7 Å². The topological polar surface area (TPSA) is 38.8 Å². The predicted molar refractivity (Wildman–Crippen MR) is 78.5 cm³/mol. The van der Waals surface area contributed by atoms with E-state index in [1.54, 1.807) is 13.2 Å². The molecule has 2 rings (SSSR count). The van der Waals surface area contributed by atoms with E-state index in [1.807, 2.05) is 24.0 Å². The van der Waals surface area contributed by atoms with E-state index in [9.17, 15) is 4.79 Å². The third kappa shape index (κ3) is 3.24. The Morgan fingerprint density at radius 1 is 1.30 bits per heavy atom. The summed E-state index contributed by atoms with van der Waals surface area (Å²) in [6, 6.07) is 5.39. The fourth-order valence-corrected chi connectivity index (χ4v) is 2.47. The van der Waals surface area contributed by atoms with Crippen molar-refractivity contribution in [2.24, 2.45) is 5.92 Å². The van der Waals surface area contributed by atoms with Gasteiger partial charge in [0, 0.05) is 18.7 Å². The van der Waals surface area contributed by atoms with Crippen LogP contribution in [0.1, 0.15) is 37.0 Å². The number of hydrogen-bond acceptors (Lipinski definition) is 3. The van der Waals surface area contributed by atoms with E-state index in [2.05, 4.69) is 6.92 Å². The summed E-state index contributed by atoms with van der Waals surface area (Å²) < 4.78 is 10.8. The molecule has 1 saturated heterocycles. The largest absolute Gasteiger partial charge is 0.493 e. The second kappa shape index (κ2) is 6.64. The van der Waals surface area contributed by atoms with Crippen LogP contribution in [-0.4, -0.2) is 37.6 Å². The van der Waals surface area contributed by atoms with Crippen molar-refractivity contribution in [3.63, 3.8) is 0 Å². The minimum Gasteiger partial charge on any atom is -0.493 e. The van der Waals surface area contributed by atoms with Gasteiger partial charge in [-0.05, 0) is 43.9 Å². The second-order valence-corrected chi connectivity index (χ2v) is 5.27. The van der Waals surface area contributed by atoms with Gasteiger partial charge in [-0.1, -0.05) is 6.92 Å². The summed E-state index contributed by atoms with van der Waals surface area (Å²) in [5, 5.41) is 0. The first-order valence-corrected chi connectivity index (χ1v) is 7.25. The molecule has 0 N–H and O–H groups in total. The Bertz CT molecular complexity index is 465. The molecule has 0 spiro atoms. The van der Waals surface area contributed by atoms with Gasteiger partial charge in [-0.2, -0.15) is 0 Å². The van der Waals surface area contributed by atoms with Gasteiger partial charge >= 0.3 is 0 Å². The van der Waals surface area contributed by atoms with E-state index in [-0.39, 0.29) is 5.91 Å². The predicted octanol–water partition coefficient (Wildman–Crippen LogP) is 2.97. The summed E-state index contributed by atoms with van der Waals surface area (Å²) in [5.41, 5.74) is 0.667. The Morgan fingerprint density at radius 3 is 2.60 bits per heavy atom. The number of nitrogens with zero attached hydrogens (tertiary/aromatic N) is 1. The van der Waals surface area contributed by atoms with Crippen molar-refractivity contribution in [3.8, 4) is 11.5 Å². The Kier molecular flexibility index (Phi) is 4.88. The van der Waals surface area contributed by atoms with Gasteiger partial charge in [-0.15, -0.1) is 0 Å². The molecule has 1 amide bonds. The first kappa shape index (κ1) is 14.7. The van der Waals surface area contributed by atoms with Crippen molar-refractivity contribution in [2.45, 2.75) is 26.7 Å². The van der Waals surface area contributed by atoms with Crippen molar-refractivity contribution in [1.29, 1.82) is 0 Å². The fourth-order valence-electron chi connectivity index (χ4n) is 2.47. The zero-order valence-corrected chi connectivity index (χ0v) is 12.5. The Labute approximate surface area is 120 Å². The highest BCUT2D eigenvalue weighted by Gasteiger charge is 2.22. The molecule has 0 unspecified atom stereocenters. The highest BCUT2D eigenvalue weighted by molar-refractivity contribution is 5.95. The molecule has 0 radical (unpaired) electrons. The quantitative estimate of drug-likeness (QED) is 0.849. The van der Waals surface area contributed by atoms with Gasteiger partial charge in [0.2, 0.25) is 0 Å². The third-order valence-electron chi connectivity index (χ3n) is 3.78. The van der Waals surface area contributed by atoms with E-state index in [0.717, 1.165) is 25.9 Å². The number of amides is 1. The van der Waals surface area contributed by atoms with Crippen LogP contribution in [-0.2, 0) is 0 Å². The van der Waals surface area contributed by atoms with Gasteiger partial charge in [0.25, 0.3) is 5.91 Å². The van der Waals surface area contributed by atoms with Crippen molar-refractivity contribution in [3.05, 3.63) is 23.8 Å². The average molecular weight is 277 g/mol. The number of rotatable bonds is 4. The smallest absolute Gasteiger partial charge is 0.253 e. The molecule has 1 aromatic rings. The van der Waals surface area contributed by atoms with Crippen LogP contribution in [0.2, 0.25) is 0 Å². The van der Waals surface area contributed by atoms with E-state index in [4.69, 9.17) is 9.47 Å². The number of benzene rings is 1. The molecule has 1 fully saturated rings. The molecule has 0 bridgehead atoms. The van der Waals surface area contributed by atoms with E-state index in [1.165, 1.54) is 0 Å². The van der Waals surface area contributed by atoms with Crippen LogP contribution in [0.25, 0.3) is 0 Å². The number of carbonyl (C=O) groups is 1. The molecule has 1 aliphatic rings. The van der Waals surface area contributed by atoms with Crippen LogP contribution in [0, 0.1) is 5.92 Å². The fraction of sp³-hybridized carbons (Fsp3) is 0.562. The standard InChI is InChI=1S/C16H23NO3/c1-4-20-14-6-5-13(11-15(14)19-3)16(18)17-9-7-12(2)8-10-17/h5-6,11-12H,4,7-10H2,1-3H3. The first-order chi connectivity index (χ1) is 9.65. The summed E-state index contributed by atoms with van der Waals surface area (Å²) >= 11 is 0. The van der Waals surface area contributed by atoms with Crippen LogP contribution in [0.5, 0.6) is 11.5 Å². The normalized spacial score (nSPS) is 16.1. The Morgan fingerprint density at radius 2 is 2.00 bits per heavy atom. The molecule has 0 aliphatic carbocycles. The lowest BCUT2D eigenvalue weighted by atomic mass is 9.98. The number of hydrogen-bond donors (Lipinski definition) is 0. The summed E-state index contributed by atoms with van der Waals surface area (Å²) in [6.45, 7) is 6.42. The summed E-state index contributed by atoms with van der Waals surface area (Å²) in [5.74, 6) is 2.09. The second-order valence-electron chi connectivity index (χ2n) is 5.27. The molecular formula is C16H23NO3. The number of ether oxygens (including phenoxy) is 2. The zero-order chi connectivity index (χ0) is 14.5. The monoisotopic (exact) mass is 277 g/mol. The van der Waals surface area contributed by atoms with Crippen LogP contribution < -0.4 is 9.47 Å². The van der Waals surface area contributed by atoms with Crippen molar-refractivity contribution >= 4 is 5.91 Å². The summed E-state index contributed by atoms with van der Waals surface area (Å²) in [7, 11) is 1.59. The third-order valence-corrected chi connectivity index (χ3v) is 3.78. The van der Waals surface area contributed by atoms with Crippen LogP contribution in [0.4, 0.5) is 0 Å². The lowest BCUT2D eigenvalue weighted by molar-refractivity contribution is 0.0697. The number of methoxy groups -OCH3 is 1. The van der Waals surface area contributed by atoms with Gasteiger partial charge < -0.3 is 14.4 Å². The van der Waals surface area contributed by atoms with Crippen LogP contribution in [0.3, 0.4) is 0 Å². The SMILES string of the molecule is CCOc1ccc(C(=O)N2CCC(C)CC2)cc1OC. The average Bonchev–Trinajstić information content (AvgIpc) is 2.48. The molecule has 1 aromatic carbocycles. The number of carbonyl (C=O) groups excluding carboxylic acids is 1. The molecule has 0 atom stereocenters. The molecule has 1 heterocycles. The highest BCUT2D eigenvalue weighted by Crippen LogP contribution is 2.29. The van der Waals surface area contributed by atoms with Gasteiger partial charge in [0.15, 0.2) is 11.5 Å². The minimum absolute atomic E-state index is 0.0817. The Balaban J connectivity index is 2.13. The van der Waals surface area contributed by atoms with Crippen molar-refractivity contribution < 1.29 is 14.3 Å².